The van der Waals surface area contributed by atoms with Crippen LogP contribution in [0.1, 0.15) is 50.3 Å². The Bertz CT molecular complexity index is 586. The van der Waals surface area contributed by atoms with Crippen molar-refractivity contribution in [2.45, 2.75) is 50.6 Å². The molecular weight excluding hydrogens is 306 g/mol. The minimum atomic E-state index is 0.336. The number of nitrogens with zero attached hydrogens (tertiary/aromatic N) is 2. The highest BCUT2D eigenvalue weighted by atomic mass is 32.2. The molecule has 4 saturated carbocycles. The van der Waals surface area contributed by atoms with Crippen LogP contribution in [-0.4, -0.2) is 22.0 Å². The summed E-state index contributed by atoms with van der Waals surface area (Å²) in [6.07, 6.45) is 14.1. The average Bonchev–Trinajstić information content (AvgIpc) is 2.98. The Kier molecular flexibility index (Phi) is 4.10. The van der Waals surface area contributed by atoms with Crippen LogP contribution in [0, 0.1) is 17.8 Å². The Hall–Kier alpha value is -1.07. The Balaban J connectivity index is 1.43. The van der Waals surface area contributed by atoms with E-state index in [1.165, 1.54) is 38.5 Å². The highest BCUT2D eigenvalue weighted by Crippen LogP contribution is 2.55. The summed E-state index contributed by atoms with van der Waals surface area (Å²) >= 11 is 1.60. The molecule has 4 fully saturated rings. The van der Waals surface area contributed by atoms with Gasteiger partial charge in [0.1, 0.15) is 0 Å². The third kappa shape index (κ3) is 3.01. The molecule has 0 radical (unpaired) electrons. The molecule has 0 amide bonds. The Morgan fingerprint density at radius 1 is 1.26 bits per heavy atom. The van der Waals surface area contributed by atoms with E-state index in [4.69, 9.17) is 4.42 Å². The van der Waals surface area contributed by atoms with Gasteiger partial charge in [-0.2, -0.15) is 0 Å². The summed E-state index contributed by atoms with van der Waals surface area (Å²) in [5.74, 6) is 4.14. The van der Waals surface area contributed by atoms with Gasteiger partial charge in [-0.3, -0.25) is 0 Å². The van der Waals surface area contributed by atoms with Gasteiger partial charge in [-0.05, 0) is 68.6 Å². The van der Waals surface area contributed by atoms with E-state index in [0.29, 0.717) is 23.9 Å². The topological polar surface area (TPSA) is 51.0 Å². The van der Waals surface area contributed by atoms with Gasteiger partial charge < -0.3 is 9.73 Å². The van der Waals surface area contributed by atoms with Gasteiger partial charge in [0.05, 0.1) is 11.4 Å². The molecule has 4 aliphatic carbocycles. The van der Waals surface area contributed by atoms with Crippen LogP contribution in [0.5, 0.6) is 0 Å². The molecule has 0 spiro atoms. The molecule has 5 rings (SSSR count). The van der Waals surface area contributed by atoms with E-state index in [2.05, 4.69) is 22.1 Å². The zero-order chi connectivity index (χ0) is 15.9. The molecule has 5 heteroatoms. The summed E-state index contributed by atoms with van der Waals surface area (Å²) in [4.78, 5) is 0.966. The van der Waals surface area contributed by atoms with E-state index in [1.807, 2.05) is 12.3 Å². The third-order valence-corrected chi connectivity index (χ3v) is 6.57. The van der Waals surface area contributed by atoms with Gasteiger partial charge in [-0.1, -0.05) is 12.7 Å². The largest absolute Gasteiger partial charge is 0.419 e. The second-order valence-electron chi connectivity index (χ2n) is 7.52. The predicted octanol–water partition coefficient (Wildman–Crippen LogP) is 4.02. The van der Waals surface area contributed by atoms with Gasteiger partial charge in [0.25, 0.3) is 5.89 Å². The summed E-state index contributed by atoms with van der Waals surface area (Å²) < 4.78 is 5.83. The van der Waals surface area contributed by atoms with E-state index in [1.54, 1.807) is 17.8 Å². The van der Waals surface area contributed by atoms with Crippen molar-refractivity contribution in [3.63, 3.8) is 0 Å². The molecule has 4 nitrogen and oxygen atoms in total. The van der Waals surface area contributed by atoms with Gasteiger partial charge in [-0.25, -0.2) is 0 Å². The second kappa shape index (κ2) is 6.10. The molecule has 0 saturated heterocycles. The maximum atomic E-state index is 5.83. The van der Waals surface area contributed by atoms with Crippen molar-refractivity contribution in [2.75, 3.05) is 6.26 Å². The number of aromatic nitrogens is 2. The van der Waals surface area contributed by atoms with E-state index < -0.39 is 0 Å². The van der Waals surface area contributed by atoms with Gasteiger partial charge >= 0.3 is 0 Å². The van der Waals surface area contributed by atoms with E-state index in [9.17, 15) is 0 Å². The van der Waals surface area contributed by atoms with E-state index >= 15 is 0 Å². The highest BCUT2D eigenvalue weighted by molar-refractivity contribution is 8.07. The Morgan fingerprint density at radius 3 is 2.48 bits per heavy atom. The number of hydrogen-bond acceptors (Lipinski definition) is 5. The zero-order valence-electron chi connectivity index (χ0n) is 13.8. The van der Waals surface area contributed by atoms with Crippen LogP contribution in [0.4, 0.5) is 0 Å². The average molecular weight is 331 g/mol. The SMILES string of the molecule is C=CC=C(SC)c1nnc(CNC23CC4CC(CC(C4)C2)C3)o1. The van der Waals surface area contributed by atoms with E-state index in [-0.39, 0.29) is 0 Å². The third-order valence-electron chi connectivity index (χ3n) is 5.82. The lowest BCUT2D eigenvalue weighted by atomic mass is 9.53. The molecule has 1 N–H and O–H groups in total. The minimum Gasteiger partial charge on any atom is -0.419 e. The molecule has 1 aromatic heterocycles. The monoisotopic (exact) mass is 331 g/mol. The minimum absolute atomic E-state index is 0.336. The van der Waals surface area contributed by atoms with Crippen LogP contribution < -0.4 is 5.32 Å². The van der Waals surface area contributed by atoms with Gasteiger partial charge in [0.2, 0.25) is 5.89 Å². The predicted molar refractivity (Wildman–Crippen MR) is 93.7 cm³/mol. The van der Waals surface area contributed by atoms with Crippen LogP contribution >= 0.6 is 11.8 Å². The van der Waals surface area contributed by atoms with Crippen molar-refractivity contribution in [2.24, 2.45) is 17.8 Å². The normalized spacial score (nSPS) is 35.7. The molecular formula is C18H25N3OS. The zero-order valence-corrected chi connectivity index (χ0v) is 14.6. The van der Waals surface area contributed by atoms with Crippen LogP contribution in [0.25, 0.3) is 4.91 Å². The van der Waals surface area contributed by atoms with Gasteiger partial charge in [0, 0.05) is 5.54 Å². The summed E-state index contributed by atoms with van der Waals surface area (Å²) in [7, 11) is 0. The standard InChI is InChI=1S/C18H25N3OS/c1-3-4-15(23-2)17-21-20-16(22-17)11-19-18-8-12-5-13(9-18)7-14(6-12)10-18/h3-4,12-14,19H,1,5-11H2,2H3. The number of allylic oxidation sites excluding steroid dienone is 2. The molecule has 1 aromatic rings. The summed E-state index contributed by atoms with van der Waals surface area (Å²) in [6, 6.07) is 0. The number of hydrogen-bond donors (Lipinski definition) is 1. The molecule has 0 atom stereocenters. The number of nitrogens with one attached hydrogen (secondary N) is 1. The maximum absolute atomic E-state index is 5.83. The molecule has 4 aliphatic rings. The lowest BCUT2D eigenvalue weighted by Gasteiger charge is -2.57. The van der Waals surface area contributed by atoms with Crippen molar-refractivity contribution in [1.29, 1.82) is 0 Å². The van der Waals surface area contributed by atoms with Gasteiger partial charge in [0.15, 0.2) is 0 Å². The lowest BCUT2D eigenvalue weighted by molar-refractivity contribution is -0.0215. The van der Waals surface area contributed by atoms with Crippen molar-refractivity contribution in [3.8, 4) is 0 Å². The second-order valence-corrected chi connectivity index (χ2v) is 8.37. The van der Waals surface area contributed by atoms with Crippen LogP contribution in [0.2, 0.25) is 0 Å². The quantitative estimate of drug-likeness (QED) is 0.798. The first-order chi connectivity index (χ1) is 11.2. The van der Waals surface area contributed by atoms with Crippen molar-refractivity contribution >= 4 is 16.7 Å². The van der Waals surface area contributed by atoms with Crippen LogP contribution in [0.15, 0.2) is 23.1 Å². The maximum Gasteiger partial charge on any atom is 0.254 e. The highest BCUT2D eigenvalue weighted by Gasteiger charge is 2.50. The van der Waals surface area contributed by atoms with Crippen LogP contribution in [-0.2, 0) is 6.54 Å². The van der Waals surface area contributed by atoms with Crippen molar-refractivity contribution in [1.82, 2.24) is 15.5 Å². The first-order valence-electron chi connectivity index (χ1n) is 8.64. The fourth-order valence-corrected chi connectivity index (χ4v) is 5.84. The first kappa shape index (κ1) is 15.5. The smallest absolute Gasteiger partial charge is 0.254 e. The lowest BCUT2D eigenvalue weighted by Crippen LogP contribution is -2.58. The summed E-state index contributed by atoms with van der Waals surface area (Å²) in [5.41, 5.74) is 0.336. The summed E-state index contributed by atoms with van der Waals surface area (Å²) in [5, 5.41) is 12.2. The number of rotatable bonds is 6. The van der Waals surface area contributed by atoms with Gasteiger partial charge in [-0.15, -0.1) is 22.0 Å². The Labute approximate surface area is 142 Å². The molecule has 0 aromatic carbocycles. The molecule has 23 heavy (non-hydrogen) atoms. The molecule has 4 bridgehead atoms. The summed E-state index contributed by atoms with van der Waals surface area (Å²) in [6.45, 7) is 4.42. The molecule has 0 aliphatic heterocycles. The fourth-order valence-electron chi connectivity index (χ4n) is 5.35. The molecule has 1 heterocycles. The first-order valence-corrected chi connectivity index (χ1v) is 9.86. The Morgan fingerprint density at radius 2 is 1.91 bits per heavy atom. The van der Waals surface area contributed by atoms with Crippen molar-refractivity contribution in [3.05, 3.63) is 30.5 Å². The molecule has 0 unspecified atom stereocenters. The fraction of sp³-hybridized carbons (Fsp3) is 0.667. The van der Waals surface area contributed by atoms with Crippen molar-refractivity contribution < 1.29 is 4.42 Å². The number of thioether (sulfide) groups is 1. The molecule has 124 valence electrons. The van der Waals surface area contributed by atoms with E-state index in [0.717, 1.165) is 22.7 Å². The van der Waals surface area contributed by atoms with Crippen LogP contribution in [0.3, 0.4) is 0 Å².